The molecule has 1 N–H and O–H groups in total. The zero-order valence-corrected chi connectivity index (χ0v) is 10.3. The molecule has 1 saturated heterocycles. The Morgan fingerprint density at radius 3 is 2.68 bits per heavy atom. The number of carboxylic acid groups (broad SMARTS) is 1. The molecular weight excluding hydrogens is 256 g/mol. The molecule has 6 heteroatoms. The Labute approximate surface area is 108 Å². The minimum absolute atomic E-state index is 0.0115. The Balaban J connectivity index is 2.23. The smallest absolute Gasteiger partial charge is 0.343 e. The highest BCUT2D eigenvalue weighted by molar-refractivity contribution is 5.96. The number of nitrogens with zero attached hydrogens (tertiary/aromatic N) is 1. The number of carbonyl (C=O) groups is 2. The van der Waals surface area contributed by atoms with Gasteiger partial charge in [-0.05, 0) is 24.6 Å². The van der Waals surface area contributed by atoms with Crippen LogP contribution in [0.25, 0.3) is 0 Å². The predicted octanol–water partition coefficient (Wildman–Crippen LogP) is 1.77. The lowest BCUT2D eigenvalue weighted by molar-refractivity contribution is -0.149. The van der Waals surface area contributed by atoms with Crippen molar-refractivity contribution in [1.82, 2.24) is 4.90 Å². The number of rotatable bonds is 2. The van der Waals surface area contributed by atoms with Crippen LogP contribution in [0.1, 0.15) is 22.3 Å². The number of carboxylic acids is 1. The molecule has 0 saturated carbocycles. The first-order valence-electron chi connectivity index (χ1n) is 5.82. The Hall–Kier alpha value is -1.98. The molecule has 1 aromatic rings. The number of alkyl halides is 1. The van der Waals surface area contributed by atoms with Crippen LogP contribution in [-0.4, -0.2) is 40.6 Å². The van der Waals surface area contributed by atoms with Gasteiger partial charge < -0.3 is 10.0 Å². The summed E-state index contributed by atoms with van der Waals surface area (Å²) in [5.41, 5.74) is -2.09. The quantitative estimate of drug-likeness (QED) is 0.890. The molecule has 102 valence electrons. The molecule has 2 rings (SSSR count). The molecule has 0 radical (unpaired) electrons. The summed E-state index contributed by atoms with van der Waals surface area (Å²) in [6.07, 6.45) is -0.248. The third kappa shape index (κ3) is 2.30. The van der Waals surface area contributed by atoms with Crippen LogP contribution in [0.4, 0.5) is 8.78 Å². The van der Waals surface area contributed by atoms with Crippen LogP contribution in [0, 0.1) is 12.7 Å². The molecule has 0 aromatic heterocycles. The number of aliphatic carboxylic acids is 1. The van der Waals surface area contributed by atoms with Crippen LogP contribution in [0.15, 0.2) is 18.2 Å². The van der Waals surface area contributed by atoms with Crippen LogP contribution in [0.5, 0.6) is 0 Å². The summed E-state index contributed by atoms with van der Waals surface area (Å²) < 4.78 is 27.2. The Morgan fingerprint density at radius 2 is 2.11 bits per heavy atom. The largest absolute Gasteiger partial charge is 0.479 e. The van der Waals surface area contributed by atoms with Gasteiger partial charge in [0.2, 0.25) is 5.67 Å². The summed E-state index contributed by atoms with van der Waals surface area (Å²) in [7, 11) is 0. The van der Waals surface area contributed by atoms with Gasteiger partial charge >= 0.3 is 5.97 Å². The van der Waals surface area contributed by atoms with E-state index in [4.69, 9.17) is 5.11 Å². The second kappa shape index (κ2) is 4.60. The molecule has 4 nitrogen and oxygen atoms in total. The number of carbonyl (C=O) groups excluding carboxylic acids is 1. The van der Waals surface area contributed by atoms with Crippen molar-refractivity contribution in [1.29, 1.82) is 0 Å². The van der Waals surface area contributed by atoms with Crippen molar-refractivity contribution in [2.24, 2.45) is 0 Å². The van der Waals surface area contributed by atoms with Crippen LogP contribution in [-0.2, 0) is 4.79 Å². The van der Waals surface area contributed by atoms with Gasteiger partial charge in [0.25, 0.3) is 5.91 Å². The highest BCUT2D eigenvalue weighted by Crippen LogP contribution is 2.27. The molecule has 1 unspecified atom stereocenters. The first-order chi connectivity index (χ1) is 8.85. The minimum atomic E-state index is -2.41. The first-order valence-corrected chi connectivity index (χ1v) is 5.82. The van der Waals surface area contributed by atoms with Gasteiger partial charge in [0.15, 0.2) is 0 Å². The summed E-state index contributed by atoms with van der Waals surface area (Å²) in [4.78, 5) is 24.0. The van der Waals surface area contributed by atoms with Crippen LogP contribution < -0.4 is 0 Å². The molecule has 1 aliphatic rings. The number of hydrogen-bond donors (Lipinski definition) is 1. The normalized spacial score (nSPS) is 22.6. The Kier molecular flexibility index (Phi) is 3.26. The molecule has 1 atom stereocenters. The van der Waals surface area contributed by atoms with Gasteiger partial charge in [0.05, 0.1) is 6.54 Å². The van der Waals surface area contributed by atoms with E-state index in [1.807, 2.05) is 0 Å². The molecular formula is C13H13F2NO3. The average molecular weight is 269 g/mol. The summed E-state index contributed by atoms with van der Waals surface area (Å²) in [6.45, 7) is 0.966. The number of hydrogen-bond acceptors (Lipinski definition) is 2. The maximum atomic E-state index is 13.9. The summed E-state index contributed by atoms with van der Waals surface area (Å²) in [5.74, 6) is -2.63. The molecule has 0 aliphatic carbocycles. The zero-order valence-electron chi connectivity index (χ0n) is 10.3. The number of benzene rings is 1. The van der Waals surface area contributed by atoms with Crippen LogP contribution in [0.3, 0.4) is 0 Å². The second-order valence-corrected chi connectivity index (χ2v) is 4.66. The molecule has 1 aromatic carbocycles. The number of halogens is 2. The fourth-order valence-electron chi connectivity index (χ4n) is 2.13. The second-order valence-electron chi connectivity index (χ2n) is 4.66. The van der Waals surface area contributed by atoms with Crippen molar-refractivity contribution in [2.75, 3.05) is 13.1 Å². The van der Waals surface area contributed by atoms with E-state index in [9.17, 15) is 18.4 Å². The lowest BCUT2D eigenvalue weighted by Gasteiger charge is -2.18. The van der Waals surface area contributed by atoms with E-state index >= 15 is 0 Å². The lowest BCUT2D eigenvalue weighted by atomic mass is 10.1. The average Bonchev–Trinajstić information content (AvgIpc) is 2.76. The van der Waals surface area contributed by atoms with E-state index in [0.717, 1.165) is 4.90 Å². The highest BCUT2D eigenvalue weighted by atomic mass is 19.1. The van der Waals surface area contributed by atoms with Gasteiger partial charge in [-0.3, -0.25) is 4.79 Å². The van der Waals surface area contributed by atoms with Gasteiger partial charge in [-0.15, -0.1) is 0 Å². The van der Waals surface area contributed by atoms with Crippen molar-refractivity contribution in [3.8, 4) is 0 Å². The molecule has 1 fully saturated rings. The van der Waals surface area contributed by atoms with E-state index in [1.54, 1.807) is 0 Å². The Morgan fingerprint density at radius 1 is 1.42 bits per heavy atom. The fourth-order valence-corrected chi connectivity index (χ4v) is 2.13. The van der Waals surface area contributed by atoms with E-state index in [-0.39, 0.29) is 24.1 Å². The molecule has 0 bridgehead atoms. The van der Waals surface area contributed by atoms with Gasteiger partial charge in [0, 0.05) is 18.5 Å². The monoisotopic (exact) mass is 269 g/mol. The van der Waals surface area contributed by atoms with Gasteiger partial charge in [-0.2, -0.15) is 0 Å². The fraction of sp³-hybridized carbons (Fsp3) is 0.385. The van der Waals surface area contributed by atoms with E-state index in [0.29, 0.717) is 0 Å². The van der Waals surface area contributed by atoms with Crippen molar-refractivity contribution in [3.63, 3.8) is 0 Å². The summed E-state index contributed by atoms with van der Waals surface area (Å²) in [6, 6.07) is 4.07. The van der Waals surface area contributed by atoms with E-state index in [2.05, 4.69) is 0 Å². The molecule has 1 amide bonds. The molecule has 0 spiro atoms. The van der Waals surface area contributed by atoms with Crippen LogP contribution in [0.2, 0.25) is 0 Å². The Bertz CT molecular complexity index is 547. The van der Waals surface area contributed by atoms with E-state index in [1.165, 1.54) is 25.1 Å². The molecule has 1 aliphatic heterocycles. The SMILES string of the molecule is Cc1c(F)cccc1C(=O)N1CCC(F)(C(=O)O)C1. The van der Waals surface area contributed by atoms with Crippen LogP contribution >= 0.6 is 0 Å². The predicted molar refractivity (Wildman–Crippen MR) is 63.1 cm³/mol. The first kappa shape index (κ1) is 13.5. The van der Waals surface area contributed by atoms with Crippen molar-refractivity contribution < 1.29 is 23.5 Å². The molecule has 19 heavy (non-hydrogen) atoms. The maximum Gasteiger partial charge on any atom is 0.343 e. The van der Waals surface area contributed by atoms with Crippen molar-refractivity contribution in [2.45, 2.75) is 19.0 Å². The minimum Gasteiger partial charge on any atom is -0.479 e. The highest BCUT2D eigenvalue weighted by Gasteiger charge is 2.47. The third-order valence-corrected chi connectivity index (χ3v) is 3.39. The molecule has 1 heterocycles. The zero-order chi connectivity index (χ0) is 14.2. The van der Waals surface area contributed by atoms with Gasteiger partial charge in [0.1, 0.15) is 5.82 Å². The van der Waals surface area contributed by atoms with Crippen molar-refractivity contribution >= 4 is 11.9 Å². The van der Waals surface area contributed by atoms with E-state index < -0.39 is 29.9 Å². The standard InChI is InChI=1S/C13H13F2NO3/c1-8-9(3-2-4-10(8)14)11(17)16-6-5-13(15,7-16)12(18)19/h2-4H,5-7H2,1H3,(H,18,19). The van der Waals surface area contributed by atoms with Gasteiger partial charge in [-0.25, -0.2) is 13.6 Å². The topological polar surface area (TPSA) is 57.6 Å². The lowest BCUT2D eigenvalue weighted by Crippen LogP contribution is -2.39. The number of likely N-dealkylation sites (tertiary alicyclic amines) is 1. The van der Waals surface area contributed by atoms with Gasteiger partial charge in [-0.1, -0.05) is 6.07 Å². The number of amides is 1. The van der Waals surface area contributed by atoms with Crippen molar-refractivity contribution in [3.05, 3.63) is 35.1 Å². The maximum absolute atomic E-state index is 13.9. The third-order valence-electron chi connectivity index (χ3n) is 3.39. The summed E-state index contributed by atoms with van der Waals surface area (Å²) >= 11 is 0. The summed E-state index contributed by atoms with van der Waals surface area (Å²) in [5, 5.41) is 8.77.